The second kappa shape index (κ2) is 7.69. The highest BCUT2D eigenvalue weighted by atomic mass is 16.3. The molecule has 0 amide bonds. The highest BCUT2D eigenvalue weighted by Crippen LogP contribution is 2.21. The van der Waals surface area contributed by atoms with E-state index < -0.39 is 0 Å². The lowest BCUT2D eigenvalue weighted by Gasteiger charge is -2.15. The molecule has 28 heavy (non-hydrogen) atoms. The van der Waals surface area contributed by atoms with Crippen molar-refractivity contribution in [3.05, 3.63) is 106 Å². The van der Waals surface area contributed by atoms with Gasteiger partial charge in [-0.2, -0.15) is 0 Å². The van der Waals surface area contributed by atoms with Crippen LogP contribution in [0.25, 0.3) is 10.9 Å². The summed E-state index contributed by atoms with van der Waals surface area (Å²) in [5.74, 6) is -0.136. The van der Waals surface area contributed by atoms with Crippen LogP contribution >= 0.6 is 0 Å². The Labute approximate surface area is 162 Å². The molecule has 0 bridgehead atoms. The van der Waals surface area contributed by atoms with Crippen LogP contribution in [0, 0.1) is 12.8 Å². The lowest BCUT2D eigenvalue weighted by atomic mass is 9.88. The van der Waals surface area contributed by atoms with Crippen LogP contribution in [0.4, 0.5) is 0 Å². The van der Waals surface area contributed by atoms with E-state index in [1.165, 1.54) is 6.26 Å². The lowest BCUT2D eigenvalue weighted by molar-refractivity contribution is 0.0889. The summed E-state index contributed by atoms with van der Waals surface area (Å²) in [5.41, 5.74) is 3.38. The van der Waals surface area contributed by atoms with Crippen LogP contribution in [0.3, 0.4) is 0 Å². The highest BCUT2D eigenvalue weighted by Gasteiger charge is 2.24. The summed E-state index contributed by atoms with van der Waals surface area (Å²) in [6.07, 6.45) is 2.40. The summed E-state index contributed by atoms with van der Waals surface area (Å²) in [4.78, 5) is 28.7. The van der Waals surface area contributed by atoms with Gasteiger partial charge >= 0.3 is 0 Å². The molecule has 1 N–H and O–H groups in total. The lowest BCUT2D eigenvalue weighted by Crippen LogP contribution is -2.24. The fourth-order valence-electron chi connectivity index (χ4n) is 3.62. The number of fused-ring (bicyclic) bond motifs is 1. The molecule has 0 aliphatic rings. The van der Waals surface area contributed by atoms with E-state index in [0.717, 1.165) is 22.0 Å². The first-order valence-electron chi connectivity index (χ1n) is 9.35. The zero-order valence-electron chi connectivity index (χ0n) is 15.6. The summed E-state index contributed by atoms with van der Waals surface area (Å²) in [7, 11) is 0. The fraction of sp³-hybridized carbons (Fsp3) is 0.167. The van der Waals surface area contributed by atoms with E-state index in [9.17, 15) is 9.59 Å². The van der Waals surface area contributed by atoms with Crippen LogP contribution in [0.2, 0.25) is 0 Å². The van der Waals surface area contributed by atoms with Gasteiger partial charge in [-0.3, -0.25) is 9.59 Å². The molecule has 1 unspecified atom stereocenters. The van der Waals surface area contributed by atoms with Gasteiger partial charge in [-0.1, -0.05) is 48.5 Å². The normalized spacial score (nSPS) is 12.2. The van der Waals surface area contributed by atoms with Gasteiger partial charge in [0.05, 0.1) is 11.8 Å². The van der Waals surface area contributed by atoms with Gasteiger partial charge in [0.25, 0.3) is 5.56 Å². The summed E-state index contributed by atoms with van der Waals surface area (Å²) >= 11 is 0. The number of pyridine rings is 1. The molecule has 4 aromatic rings. The molecule has 0 spiro atoms. The minimum Gasteiger partial charge on any atom is -0.461 e. The van der Waals surface area contributed by atoms with Gasteiger partial charge in [-0.05, 0) is 54.5 Å². The number of carbonyl (C=O) groups is 1. The molecule has 2 aromatic carbocycles. The third-order valence-electron chi connectivity index (χ3n) is 5.09. The number of hydrogen-bond acceptors (Lipinski definition) is 3. The third-order valence-corrected chi connectivity index (χ3v) is 5.09. The molecule has 4 rings (SSSR count). The van der Waals surface area contributed by atoms with E-state index in [1.807, 2.05) is 61.5 Å². The van der Waals surface area contributed by atoms with Crippen LogP contribution in [0.5, 0.6) is 0 Å². The van der Waals surface area contributed by atoms with E-state index >= 15 is 0 Å². The SMILES string of the molecule is Cc1cccc2cc(CC(Cc3ccccc3)C(=O)c3ccco3)c(=O)[nH]c12. The Bertz CT molecular complexity index is 1160. The Morgan fingerprint density at radius 1 is 1.00 bits per heavy atom. The van der Waals surface area contributed by atoms with Gasteiger partial charge in [-0.15, -0.1) is 0 Å². The first-order valence-corrected chi connectivity index (χ1v) is 9.35. The van der Waals surface area contributed by atoms with Crippen molar-refractivity contribution in [2.45, 2.75) is 19.8 Å². The Morgan fingerprint density at radius 3 is 2.57 bits per heavy atom. The topological polar surface area (TPSA) is 63.1 Å². The van der Waals surface area contributed by atoms with Crippen molar-refractivity contribution in [3.8, 4) is 0 Å². The van der Waals surface area contributed by atoms with Gasteiger partial charge in [-0.25, -0.2) is 0 Å². The van der Waals surface area contributed by atoms with E-state index in [1.54, 1.807) is 12.1 Å². The highest BCUT2D eigenvalue weighted by molar-refractivity contribution is 5.95. The van der Waals surface area contributed by atoms with E-state index in [2.05, 4.69) is 4.98 Å². The van der Waals surface area contributed by atoms with E-state index in [0.29, 0.717) is 24.2 Å². The standard InChI is InChI=1S/C24H21NO3/c1-16-7-5-10-18-14-20(24(27)25-22(16)18)15-19(13-17-8-3-2-4-9-17)23(26)21-11-6-12-28-21/h2-12,14,19H,13,15H2,1H3,(H,25,27). The summed E-state index contributed by atoms with van der Waals surface area (Å²) in [6.45, 7) is 1.97. The van der Waals surface area contributed by atoms with Crippen LogP contribution in [-0.4, -0.2) is 10.8 Å². The Balaban J connectivity index is 1.71. The summed E-state index contributed by atoms with van der Waals surface area (Å²) < 4.78 is 5.33. The summed E-state index contributed by atoms with van der Waals surface area (Å²) in [5, 5.41) is 0.971. The first-order chi connectivity index (χ1) is 13.6. The number of carbonyl (C=O) groups excluding carboxylic acids is 1. The third kappa shape index (κ3) is 3.67. The maximum atomic E-state index is 13.0. The molecule has 4 heteroatoms. The maximum absolute atomic E-state index is 13.0. The average molecular weight is 371 g/mol. The minimum atomic E-state index is -0.378. The van der Waals surface area contributed by atoms with Crippen molar-refractivity contribution in [3.63, 3.8) is 0 Å². The Kier molecular flexibility index (Phi) is 4.94. The Morgan fingerprint density at radius 2 is 1.82 bits per heavy atom. The number of aromatic nitrogens is 1. The first kappa shape index (κ1) is 18.0. The molecule has 0 aliphatic carbocycles. The molecular weight excluding hydrogens is 350 g/mol. The number of para-hydroxylation sites is 1. The zero-order chi connectivity index (χ0) is 19.5. The van der Waals surface area contributed by atoms with Gasteiger partial charge in [0, 0.05) is 11.5 Å². The van der Waals surface area contributed by atoms with Gasteiger partial charge in [0.15, 0.2) is 5.76 Å². The van der Waals surface area contributed by atoms with Gasteiger partial charge < -0.3 is 9.40 Å². The molecule has 0 aliphatic heterocycles. The number of furan rings is 1. The average Bonchev–Trinajstić information content (AvgIpc) is 3.24. The number of Topliss-reactive ketones (excluding diaryl/α,β-unsaturated/α-hetero) is 1. The van der Waals surface area contributed by atoms with Gasteiger partial charge in [0.1, 0.15) is 0 Å². The number of hydrogen-bond donors (Lipinski definition) is 1. The molecule has 0 saturated heterocycles. The number of H-pyrrole nitrogens is 1. The molecule has 0 fully saturated rings. The molecule has 1 atom stereocenters. The van der Waals surface area contributed by atoms with Crippen molar-refractivity contribution in [2.24, 2.45) is 5.92 Å². The number of rotatable bonds is 6. The van der Waals surface area contributed by atoms with Crippen molar-refractivity contribution < 1.29 is 9.21 Å². The molecule has 2 heterocycles. The number of benzene rings is 2. The molecule has 140 valence electrons. The second-order valence-electron chi connectivity index (χ2n) is 7.10. The van der Waals surface area contributed by atoms with Crippen molar-refractivity contribution >= 4 is 16.7 Å². The Hall–Kier alpha value is -3.40. The minimum absolute atomic E-state index is 0.0856. The number of aryl methyl sites for hydroxylation is 1. The zero-order valence-corrected chi connectivity index (χ0v) is 15.6. The van der Waals surface area contributed by atoms with Crippen LogP contribution in [0.1, 0.15) is 27.2 Å². The predicted octanol–water partition coefficient (Wildman–Crippen LogP) is 4.71. The second-order valence-corrected chi connectivity index (χ2v) is 7.10. The van der Waals surface area contributed by atoms with E-state index in [-0.39, 0.29) is 17.3 Å². The van der Waals surface area contributed by atoms with Gasteiger partial charge in [0.2, 0.25) is 5.78 Å². The predicted molar refractivity (Wildman–Crippen MR) is 110 cm³/mol. The monoisotopic (exact) mass is 371 g/mol. The molecular formula is C24H21NO3. The largest absolute Gasteiger partial charge is 0.461 e. The quantitative estimate of drug-likeness (QED) is 0.499. The molecule has 2 aromatic heterocycles. The van der Waals surface area contributed by atoms with Crippen LogP contribution in [0.15, 0.2) is 82.2 Å². The number of aromatic amines is 1. The maximum Gasteiger partial charge on any atom is 0.251 e. The molecule has 4 nitrogen and oxygen atoms in total. The van der Waals surface area contributed by atoms with Crippen molar-refractivity contribution in [1.82, 2.24) is 4.98 Å². The summed E-state index contributed by atoms with van der Waals surface area (Å²) in [6, 6.07) is 21.0. The van der Waals surface area contributed by atoms with E-state index in [4.69, 9.17) is 4.42 Å². The van der Waals surface area contributed by atoms with Crippen molar-refractivity contribution in [1.29, 1.82) is 0 Å². The van der Waals surface area contributed by atoms with Crippen LogP contribution in [-0.2, 0) is 12.8 Å². The van der Waals surface area contributed by atoms with Crippen LogP contribution < -0.4 is 5.56 Å². The van der Waals surface area contributed by atoms with Crippen molar-refractivity contribution in [2.75, 3.05) is 0 Å². The smallest absolute Gasteiger partial charge is 0.251 e. The number of nitrogens with one attached hydrogen (secondary N) is 1. The fourth-order valence-corrected chi connectivity index (χ4v) is 3.62. The molecule has 0 radical (unpaired) electrons. The molecule has 0 saturated carbocycles. The number of ketones is 1.